The van der Waals surface area contributed by atoms with Crippen molar-refractivity contribution >= 4 is 39.9 Å². The summed E-state index contributed by atoms with van der Waals surface area (Å²) in [5.74, 6) is 0.788. The van der Waals surface area contributed by atoms with Gasteiger partial charge in [0.2, 0.25) is 5.13 Å². The number of aromatic nitrogens is 2. The van der Waals surface area contributed by atoms with Gasteiger partial charge in [-0.3, -0.25) is 4.79 Å². The van der Waals surface area contributed by atoms with E-state index in [1.54, 1.807) is 14.0 Å². The van der Waals surface area contributed by atoms with Crippen LogP contribution in [0.3, 0.4) is 0 Å². The molecule has 0 atom stereocenters. The summed E-state index contributed by atoms with van der Waals surface area (Å²) < 4.78 is 10.7. The highest BCUT2D eigenvalue weighted by Gasteiger charge is 2.08. The molecule has 0 bridgehead atoms. The Morgan fingerprint density at radius 2 is 2.10 bits per heavy atom. The van der Waals surface area contributed by atoms with Gasteiger partial charge in [0.05, 0.1) is 19.5 Å². The summed E-state index contributed by atoms with van der Waals surface area (Å²) in [5.41, 5.74) is 0.897. The monoisotopic (exact) mass is 325 g/mol. The zero-order valence-corrected chi connectivity index (χ0v) is 13.3. The molecule has 112 valence electrons. The molecule has 0 amide bonds. The Balaban J connectivity index is 1.88. The average Bonchev–Trinajstić information content (AvgIpc) is 2.94. The lowest BCUT2D eigenvalue weighted by Crippen LogP contribution is -2.06. The van der Waals surface area contributed by atoms with Crippen LogP contribution in [-0.2, 0) is 9.53 Å². The van der Waals surface area contributed by atoms with Crippen molar-refractivity contribution in [2.24, 2.45) is 0 Å². The highest BCUT2D eigenvalue weighted by Crippen LogP contribution is 2.28. The number of esters is 1. The Morgan fingerprint density at radius 3 is 2.76 bits per heavy atom. The predicted molar refractivity (Wildman–Crippen MR) is 83.5 cm³/mol. The minimum absolute atomic E-state index is 0.241. The second-order valence-corrected chi connectivity index (χ2v) is 6.02. The number of hydrogen-bond acceptors (Lipinski definition) is 8. The topological polar surface area (TPSA) is 73.3 Å². The van der Waals surface area contributed by atoms with Gasteiger partial charge in [0.1, 0.15) is 5.75 Å². The molecular formula is C13H15N3O3S2. The third-order valence-corrected chi connectivity index (χ3v) is 4.31. The zero-order chi connectivity index (χ0) is 15.1. The van der Waals surface area contributed by atoms with Crippen LogP contribution in [0.2, 0.25) is 0 Å². The molecule has 0 aliphatic carbocycles. The number of benzene rings is 1. The van der Waals surface area contributed by atoms with Crippen LogP contribution < -0.4 is 10.1 Å². The number of rotatable bonds is 7. The second-order valence-electron chi connectivity index (χ2n) is 3.82. The van der Waals surface area contributed by atoms with Gasteiger partial charge in [0.15, 0.2) is 4.34 Å². The smallest absolute Gasteiger partial charge is 0.316 e. The van der Waals surface area contributed by atoms with Gasteiger partial charge in [-0.25, -0.2) is 0 Å². The van der Waals surface area contributed by atoms with Gasteiger partial charge in [0, 0.05) is 5.69 Å². The first kappa shape index (κ1) is 15.6. The lowest BCUT2D eigenvalue weighted by molar-refractivity contribution is -0.139. The van der Waals surface area contributed by atoms with Crippen LogP contribution in [0.15, 0.2) is 28.6 Å². The number of nitrogens with zero attached hydrogens (tertiary/aromatic N) is 2. The Kier molecular flexibility index (Phi) is 5.82. The molecule has 0 fully saturated rings. The molecule has 1 heterocycles. The molecule has 0 radical (unpaired) electrons. The van der Waals surface area contributed by atoms with Gasteiger partial charge in [-0.05, 0) is 31.2 Å². The molecule has 2 aromatic rings. The molecule has 0 aliphatic heterocycles. The summed E-state index contributed by atoms with van der Waals surface area (Å²) in [6, 6.07) is 7.51. The maximum atomic E-state index is 11.3. The van der Waals surface area contributed by atoms with Crippen LogP contribution in [0.4, 0.5) is 10.8 Å². The molecule has 1 N–H and O–H groups in total. The number of methoxy groups -OCH3 is 1. The number of hydrogen-bond donors (Lipinski definition) is 1. The number of ether oxygens (including phenoxy) is 2. The van der Waals surface area contributed by atoms with Gasteiger partial charge < -0.3 is 14.8 Å². The van der Waals surface area contributed by atoms with E-state index in [9.17, 15) is 4.79 Å². The van der Waals surface area contributed by atoms with E-state index in [1.807, 2.05) is 24.3 Å². The highest BCUT2D eigenvalue weighted by atomic mass is 32.2. The first-order valence-electron chi connectivity index (χ1n) is 6.24. The molecule has 1 aromatic heterocycles. The van der Waals surface area contributed by atoms with Crippen LogP contribution >= 0.6 is 23.1 Å². The lowest BCUT2D eigenvalue weighted by Gasteiger charge is -2.03. The molecule has 0 spiro atoms. The molecule has 0 saturated heterocycles. The van der Waals surface area contributed by atoms with Crippen molar-refractivity contribution in [3.05, 3.63) is 24.3 Å². The fourth-order valence-corrected chi connectivity index (χ4v) is 3.01. The van der Waals surface area contributed by atoms with Crippen LogP contribution in [0.1, 0.15) is 6.92 Å². The number of carbonyl (C=O) groups is 1. The van der Waals surface area contributed by atoms with Gasteiger partial charge in [-0.15, -0.1) is 10.2 Å². The summed E-state index contributed by atoms with van der Waals surface area (Å²) >= 11 is 2.70. The van der Waals surface area contributed by atoms with Crippen molar-refractivity contribution in [2.45, 2.75) is 11.3 Å². The lowest BCUT2D eigenvalue weighted by atomic mass is 10.3. The van der Waals surface area contributed by atoms with E-state index < -0.39 is 0 Å². The van der Waals surface area contributed by atoms with Gasteiger partial charge in [-0.1, -0.05) is 23.1 Å². The molecule has 1 aromatic carbocycles. The highest BCUT2D eigenvalue weighted by molar-refractivity contribution is 8.01. The first-order valence-corrected chi connectivity index (χ1v) is 8.04. The summed E-state index contributed by atoms with van der Waals surface area (Å²) in [7, 11) is 1.63. The molecular weight excluding hydrogens is 310 g/mol. The number of nitrogens with one attached hydrogen (secondary N) is 1. The maximum absolute atomic E-state index is 11.3. The molecule has 21 heavy (non-hydrogen) atoms. The summed E-state index contributed by atoms with van der Waals surface area (Å²) in [5, 5.41) is 11.9. The number of thioether (sulfide) groups is 1. The maximum Gasteiger partial charge on any atom is 0.316 e. The van der Waals surface area contributed by atoms with Crippen molar-refractivity contribution < 1.29 is 14.3 Å². The van der Waals surface area contributed by atoms with Crippen molar-refractivity contribution in [2.75, 3.05) is 24.8 Å². The minimum atomic E-state index is -0.248. The van der Waals surface area contributed by atoms with E-state index in [2.05, 4.69) is 15.5 Å². The molecule has 2 rings (SSSR count). The van der Waals surface area contributed by atoms with Gasteiger partial charge >= 0.3 is 5.97 Å². The van der Waals surface area contributed by atoms with E-state index in [0.717, 1.165) is 15.8 Å². The summed E-state index contributed by atoms with van der Waals surface area (Å²) in [6.45, 7) is 2.17. The predicted octanol–water partition coefficient (Wildman–Crippen LogP) is 2.95. The Labute approximate surface area is 130 Å². The molecule has 0 aliphatic rings. The van der Waals surface area contributed by atoms with E-state index in [-0.39, 0.29) is 11.7 Å². The third kappa shape index (κ3) is 4.91. The van der Waals surface area contributed by atoms with Crippen LogP contribution in [0.5, 0.6) is 5.75 Å². The second kappa shape index (κ2) is 7.84. The van der Waals surface area contributed by atoms with Crippen molar-refractivity contribution in [3.63, 3.8) is 0 Å². The Bertz CT molecular complexity index is 587. The number of anilines is 2. The van der Waals surface area contributed by atoms with E-state index in [4.69, 9.17) is 9.47 Å². The minimum Gasteiger partial charge on any atom is -0.497 e. The van der Waals surface area contributed by atoms with Gasteiger partial charge in [-0.2, -0.15) is 0 Å². The number of carbonyl (C=O) groups excluding carboxylic acids is 1. The fraction of sp³-hybridized carbons (Fsp3) is 0.308. The van der Waals surface area contributed by atoms with Crippen LogP contribution in [0, 0.1) is 0 Å². The fourth-order valence-electron chi connectivity index (χ4n) is 1.44. The summed E-state index contributed by atoms with van der Waals surface area (Å²) in [4.78, 5) is 11.3. The van der Waals surface area contributed by atoms with Crippen LogP contribution in [-0.4, -0.2) is 35.6 Å². The zero-order valence-electron chi connectivity index (χ0n) is 11.7. The molecule has 6 nitrogen and oxygen atoms in total. The van der Waals surface area contributed by atoms with Crippen molar-refractivity contribution in [1.82, 2.24) is 10.2 Å². The van der Waals surface area contributed by atoms with E-state index >= 15 is 0 Å². The quantitative estimate of drug-likeness (QED) is 0.619. The molecule has 0 unspecified atom stereocenters. The van der Waals surface area contributed by atoms with E-state index in [0.29, 0.717) is 11.7 Å². The first-order chi connectivity index (χ1) is 10.2. The van der Waals surface area contributed by atoms with Gasteiger partial charge in [0.25, 0.3) is 0 Å². The SMILES string of the molecule is CCOC(=O)CSc1nnc(Nc2ccc(OC)cc2)s1. The standard InChI is InChI=1S/C13H15N3O3S2/c1-3-19-11(17)8-20-13-16-15-12(21-13)14-9-4-6-10(18-2)7-5-9/h4-7H,3,8H2,1-2H3,(H,14,15). The summed E-state index contributed by atoms with van der Waals surface area (Å²) in [6.07, 6.45) is 0. The Morgan fingerprint density at radius 1 is 1.33 bits per heavy atom. The van der Waals surface area contributed by atoms with Crippen LogP contribution in [0.25, 0.3) is 0 Å². The normalized spacial score (nSPS) is 10.2. The Hall–Kier alpha value is -1.80. The van der Waals surface area contributed by atoms with Crippen molar-refractivity contribution in [3.8, 4) is 5.75 Å². The van der Waals surface area contributed by atoms with E-state index in [1.165, 1.54) is 23.1 Å². The van der Waals surface area contributed by atoms with Crippen molar-refractivity contribution in [1.29, 1.82) is 0 Å². The molecule has 8 heteroatoms. The third-order valence-electron chi connectivity index (χ3n) is 2.37. The average molecular weight is 325 g/mol. The molecule has 0 saturated carbocycles. The largest absolute Gasteiger partial charge is 0.497 e.